The fourth-order valence-corrected chi connectivity index (χ4v) is 1.28. The number of methoxy groups -OCH3 is 1. The molecule has 0 bridgehead atoms. The van der Waals surface area contributed by atoms with Crippen LogP contribution < -0.4 is 5.32 Å². The van der Waals surface area contributed by atoms with Crippen LogP contribution in [0.5, 0.6) is 0 Å². The van der Waals surface area contributed by atoms with E-state index in [-0.39, 0.29) is 5.78 Å². The van der Waals surface area contributed by atoms with Crippen molar-refractivity contribution in [3.8, 4) is 0 Å². The van der Waals surface area contributed by atoms with Gasteiger partial charge in [0.2, 0.25) is 0 Å². The number of Topliss-reactive ketones (excluding diaryl/α,β-unsaturated/α-hetero) is 1. The first-order chi connectivity index (χ1) is 7.52. The Labute approximate surface area is 93.6 Å². The molecule has 0 fully saturated rings. The topological polar surface area (TPSA) is 73.2 Å². The first-order valence-corrected chi connectivity index (χ1v) is 4.84. The molecule has 88 valence electrons. The minimum Gasteiger partial charge on any atom is -0.453 e. The van der Waals surface area contributed by atoms with Gasteiger partial charge in [-0.1, -0.05) is 0 Å². The van der Waals surface area contributed by atoms with Gasteiger partial charge in [0.05, 0.1) is 25.2 Å². The van der Waals surface area contributed by atoms with Crippen LogP contribution in [0, 0.1) is 0 Å². The number of nitrogens with zero attached hydrogens (tertiary/aromatic N) is 2. The number of imidazole rings is 1. The second kappa shape index (κ2) is 5.29. The molecule has 16 heavy (non-hydrogen) atoms. The maximum atomic E-state index is 11.3. The molecule has 0 unspecified atom stereocenters. The highest BCUT2D eigenvalue weighted by Gasteiger charge is 2.18. The lowest BCUT2D eigenvalue weighted by Gasteiger charge is -2.13. The standard InChI is InChI=1S/C10H15N3O3/c1-7(14)9(12-10(15)16-3)4-8-5-13(2)6-11-8/h5-6,9H,4H2,1-3H3,(H,12,15)/t9-/m0/s1. The Bertz CT molecular complexity index is 386. The van der Waals surface area contributed by atoms with Gasteiger partial charge in [0.1, 0.15) is 0 Å². The number of carbonyl (C=O) groups is 2. The Morgan fingerprint density at radius 2 is 2.31 bits per heavy atom. The van der Waals surface area contributed by atoms with Gasteiger partial charge in [-0.2, -0.15) is 0 Å². The molecule has 1 aromatic rings. The molecule has 0 spiro atoms. The summed E-state index contributed by atoms with van der Waals surface area (Å²) in [6.07, 6.45) is 3.20. The molecule has 6 heteroatoms. The van der Waals surface area contributed by atoms with Gasteiger partial charge in [-0.05, 0) is 6.92 Å². The zero-order valence-electron chi connectivity index (χ0n) is 9.56. The van der Waals surface area contributed by atoms with E-state index in [0.717, 1.165) is 5.69 Å². The van der Waals surface area contributed by atoms with E-state index < -0.39 is 12.1 Å². The Morgan fingerprint density at radius 3 is 2.75 bits per heavy atom. The molecule has 0 aromatic carbocycles. The van der Waals surface area contributed by atoms with Crippen LogP contribution in [-0.4, -0.2) is 34.6 Å². The monoisotopic (exact) mass is 225 g/mol. The van der Waals surface area contributed by atoms with Crippen LogP contribution in [0.25, 0.3) is 0 Å². The summed E-state index contributed by atoms with van der Waals surface area (Å²) in [4.78, 5) is 26.4. The molecule has 6 nitrogen and oxygen atoms in total. The van der Waals surface area contributed by atoms with Crippen LogP contribution in [-0.2, 0) is 23.0 Å². The van der Waals surface area contributed by atoms with E-state index in [0.29, 0.717) is 6.42 Å². The molecule has 1 N–H and O–H groups in total. The molecule has 0 aliphatic carbocycles. The van der Waals surface area contributed by atoms with Crippen LogP contribution in [0.2, 0.25) is 0 Å². The van der Waals surface area contributed by atoms with E-state index in [1.807, 2.05) is 7.05 Å². The molecule has 1 heterocycles. The number of hydrogen-bond donors (Lipinski definition) is 1. The molecule has 0 aliphatic heterocycles. The summed E-state index contributed by atoms with van der Waals surface area (Å²) in [6, 6.07) is -0.595. The second-order valence-corrected chi connectivity index (χ2v) is 3.53. The van der Waals surface area contributed by atoms with E-state index in [4.69, 9.17) is 0 Å². The van der Waals surface area contributed by atoms with Gasteiger partial charge in [-0.3, -0.25) is 4.79 Å². The number of nitrogens with one attached hydrogen (secondary N) is 1. The summed E-state index contributed by atoms with van der Waals surface area (Å²) in [5, 5.41) is 2.46. The van der Waals surface area contributed by atoms with E-state index in [9.17, 15) is 9.59 Å². The van der Waals surface area contributed by atoms with Crippen LogP contribution >= 0.6 is 0 Å². The SMILES string of the molecule is COC(=O)N[C@@H](Cc1cn(C)cn1)C(C)=O. The normalized spacial score (nSPS) is 11.9. The molecule has 0 saturated heterocycles. The minimum atomic E-state index is -0.615. The van der Waals surface area contributed by atoms with Crippen molar-refractivity contribution in [2.45, 2.75) is 19.4 Å². The van der Waals surface area contributed by atoms with Crippen molar-refractivity contribution >= 4 is 11.9 Å². The summed E-state index contributed by atoms with van der Waals surface area (Å²) in [6.45, 7) is 1.42. The van der Waals surface area contributed by atoms with Gasteiger partial charge in [0.15, 0.2) is 5.78 Å². The fourth-order valence-electron chi connectivity index (χ4n) is 1.28. The first kappa shape index (κ1) is 12.2. The number of aryl methyl sites for hydroxylation is 1. The third-order valence-corrected chi connectivity index (χ3v) is 2.14. The van der Waals surface area contributed by atoms with E-state index in [1.165, 1.54) is 14.0 Å². The highest BCUT2D eigenvalue weighted by molar-refractivity contribution is 5.85. The van der Waals surface area contributed by atoms with Crippen molar-refractivity contribution < 1.29 is 14.3 Å². The maximum absolute atomic E-state index is 11.3. The number of ketones is 1. The fraction of sp³-hybridized carbons (Fsp3) is 0.500. The van der Waals surface area contributed by atoms with Crippen LogP contribution in [0.4, 0.5) is 4.79 Å². The number of ether oxygens (including phenoxy) is 1. The number of rotatable bonds is 4. The highest BCUT2D eigenvalue weighted by atomic mass is 16.5. The van der Waals surface area contributed by atoms with Crippen molar-refractivity contribution in [1.29, 1.82) is 0 Å². The van der Waals surface area contributed by atoms with Crippen LogP contribution in [0.1, 0.15) is 12.6 Å². The zero-order chi connectivity index (χ0) is 12.1. The van der Waals surface area contributed by atoms with E-state index in [2.05, 4.69) is 15.0 Å². The average Bonchev–Trinajstić information content (AvgIpc) is 2.62. The summed E-state index contributed by atoms with van der Waals surface area (Å²) in [5.74, 6) is -0.129. The van der Waals surface area contributed by atoms with Crippen LogP contribution in [0.3, 0.4) is 0 Å². The average molecular weight is 225 g/mol. The molecule has 0 saturated carbocycles. The first-order valence-electron chi connectivity index (χ1n) is 4.84. The third-order valence-electron chi connectivity index (χ3n) is 2.14. The number of aromatic nitrogens is 2. The largest absolute Gasteiger partial charge is 0.453 e. The number of carbonyl (C=O) groups excluding carboxylic acids is 2. The molecule has 1 amide bonds. The predicted octanol–water partition coefficient (Wildman–Crippen LogP) is 0.276. The molecule has 1 rings (SSSR count). The van der Waals surface area contributed by atoms with Gasteiger partial charge in [0, 0.05) is 19.7 Å². The molecular weight excluding hydrogens is 210 g/mol. The van der Waals surface area contributed by atoms with Gasteiger partial charge >= 0.3 is 6.09 Å². The predicted molar refractivity (Wildman–Crippen MR) is 56.9 cm³/mol. The number of amides is 1. The second-order valence-electron chi connectivity index (χ2n) is 3.53. The van der Waals surface area contributed by atoms with Gasteiger partial charge in [0.25, 0.3) is 0 Å². The van der Waals surface area contributed by atoms with Crippen molar-refractivity contribution in [2.75, 3.05) is 7.11 Å². The molecule has 0 aliphatic rings. The van der Waals surface area contributed by atoms with Crippen molar-refractivity contribution in [3.05, 3.63) is 18.2 Å². The lowest BCUT2D eigenvalue weighted by Crippen LogP contribution is -2.41. The lowest BCUT2D eigenvalue weighted by molar-refractivity contribution is -0.118. The zero-order valence-corrected chi connectivity index (χ0v) is 9.56. The summed E-state index contributed by atoms with van der Waals surface area (Å²) in [7, 11) is 3.10. The summed E-state index contributed by atoms with van der Waals surface area (Å²) < 4.78 is 6.23. The Balaban J connectivity index is 2.65. The summed E-state index contributed by atoms with van der Waals surface area (Å²) in [5.41, 5.74) is 0.749. The maximum Gasteiger partial charge on any atom is 0.407 e. The van der Waals surface area contributed by atoms with Crippen molar-refractivity contribution in [3.63, 3.8) is 0 Å². The smallest absolute Gasteiger partial charge is 0.407 e. The lowest BCUT2D eigenvalue weighted by atomic mass is 10.1. The minimum absolute atomic E-state index is 0.129. The van der Waals surface area contributed by atoms with E-state index >= 15 is 0 Å². The van der Waals surface area contributed by atoms with Crippen LogP contribution in [0.15, 0.2) is 12.5 Å². The Hall–Kier alpha value is -1.85. The third kappa shape index (κ3) is 3.38. The van der Waals surface area contributed by atoms with Gasteiger partial charge in [-0.25, -0.2) is 9.78 Å². The molecular formula is C10H15N3O3. The molecule has 0 radical (unpaired) electrons. The Morgan fingerprint density at radius 1 is 1.62 bits per heavy atom. The van der Waals surface area contributed by atoms with Gasteiger partial charge < -0.3 is 14.6 Å². The van der Waals surface area contributed by atoms with Crippen molar-refractivity contribution in [2.24, 2.45) is 7.05 Å². The summed E-state index contributed by atoms with van der Waals surface area (Å²) >= 11 is 0. The number of alkyl carbamates (subject to hydrolysis) is 1. The van der Waals surface area contributed by atoms with Crippen molar-refractivity contribution in [1.82, 2.24) is 14.9 Å². The quantitative estimate of drug-likeness (QED) is 0.798. The van der Waals surface area contributed by atoms with Gasteiger partial charge in [-0.15, -0.1) is 0 Å². The Kier molecular flexibility index (Phi) is 4.04. The van der Waals surface area contributed by atoms with E-state index in [1.54, 1.807) is 17.1 Å². The number of hydrogen-bond acceptors (Lipinski definition) is 4. The molecule has 1 aromatic heterocycles. The highest BCUT2D eigenvalue weighted by Crippen LogP contribution is 2.01. The molecule has 1 atom stereocenters.